The highest BCUT2D eigenvalue weighted by molar-refractivity contribution is 5.87. The van der Waals surface area contributed by atoms with Crippen LogP contribution in [0.5, 0.6) is 5.75 Å². The van der Waals surface area contributed by atoms with Gasteiger partial charge in [0.15, 0.2) is 0 Å². The third-order valence-corrected chi connectivity index (χ3v) is 4.58. The van der Waals surface area contributed by atoms with Gasteiger partial charge in [0.1, 0.15) is 11.9 Å². The summed E-state index contributed by atoms with van der Waals surface area (Å²) in [7, 11) is 0. The summed E-state index contributed by atoms with van der Waals surface area (Å²) < 4.78 is 5.83. The van der Waals surface area contributed by atoms with E-state index in [9.17, 15) is 19.7 Å². The largest absolute Gasteiger partial charge is 0.490 e. The normalized spacial score (nSPS) is 15.5. The third kappa shape index (κ3) is 6.65. The summed E-state index contributed by atoms with van der Waals surface area (Å²) in [6.45, 7) is 4.70. The van der Waals surface area contributed by atoms with Crippen LogP contribution >= 0.6 is 12.4 Å². The van der Waals surface area contributed by atoms with Crippen molar-refractivity contribution in [1.29, 1.82) is 0 Å². The molecule has 0 radical (unpaired) electrons. The summed E-state index contributed by atoms with van der Waals surface area (Å²) in [6, 6.07) is 5.32. The van der Waals surface area contributed by atoms with Crippen molar-refractivity contribution in [3.05, 3.63) is 34.4 Å². The van der Waals surface area contributed by atoms with Crippen molar-refractivity contribution in [2.75, 3.05) is 19.6 Å². The average Bonchev–Trinajstić information content (AvgIpc) is 2.66. The molecule has 1 aliphatic heterocycles. The van der Waals surface area contributed by atoms with E-state index in [1.807, 2.05) is 13.8 Å². The zero-order valence-electron chi connectivity index (χ0n) is 16.0. The van der Waals surface area contributed by atoms with Gasteiger partial charge in [-0.1, -0.05) is 13.8 Å². The molecule has 2 rings (SSSR count). The Morgan fingerprint density at radius 1 is 1.29 bits per heavy atom. The van der Waals surface area contributed by atoms with Crippen molar-refractivity contribution in [3.8, 4) is 5.75 Å². The predicted molar refractivity (Wildman–Crippen MR) is 106 cm³/mol. The molecular formula is C18H27ClN4O5. The van der Waals surface area contributed by atoms with E-state index in [2.05, 4.69) is 5.32 Å². The minimum absolute atomic E-state index is 0. The van der Waals surface area contributed by atoms with Crippen molar-refractivity contribution in [3.63, 3.8) is 0 Å². The highest BCUT2D eigenvalue weighted by atomic mass is 35.5. The van der Waals surface area contributed by atoms with Gasteiger partial charge in [-0.05, 0) is 18.1 Å². The van der Waals surface area contributed by atoms with Crippen LogP contribution in [0.4, 0.5) is 5.69 Å². The number of non-ortho nitro benzene ring substituents is 1. The van der Waals surface area contributed by atoms with Crippen LogP contribution in [0.2, 0.25) is 0 Å². The number of carbonyl (C=O) groups excluding carboxylic acids is 2. The fourth-order valence-electron chi connectivity index (χ4n) is 2.76. The lowest BCUT2D eigenvalue weighted by atomic mass is 10.1. The van der Waals surface area contributed by atoms with Gasteiger partial charge in [0.25, 0.3) is 5.69 Å². The van der Waals surface area contributed by atoms with Gasteiger partial charge in [-0.15, -0.1) is 12.4 Å². The SMILES string of the molecule is CC(C)[C@H](N)C(=O)NCC(=O)N1CCC(Oc2ccc([N+](=O)[O-])cc2)CC1.Cl. The number of ether oxygens (including phenoxy) is 1. The van der Waals surface area contributed by atoms with Gasteiger partial charge in [-0.25, -0.2) is 0 Å². The van der Waals surface area contributed by atoms with Gasteiger partial charge >= 0.3 is 0 Å². The Labute approximate surface area is 170 Å². The molecule has 9 nitrogen and oxygen atoms in total. The Kier molecular flexibility index (Phi) is 9.14. The summed E-state index contributed by atoms with van der Waals surface area (Å²) in [4.78, 5) is 35.9. The number of nitrogens with two attached hydrogens (primary N) is 1. The summed E-state index contributed by atoms with van der Waals surface area (Å²) in [5.41, 5.74) is 5.77. The number of benzene rings is 1. The second-order valence-electron chi connectivity index (χ2n) is 6.94. The molecule has 10 heteroatoms. The molecule has 28 heavy (non-hydrogen) atoms. The number of piperidine rings is 1. The van der Waals surface area contributed by atoms with Gasteiger partial charge < -0.3 is 20.7 Å². The topological polar surface area (TPSA) is 128 Å². The van der Waals surface area contributed by atoms with Gasteiger partial charge in [-0.3, -0.25) is 19.7 Å². The number of nitrogens with one attached hydrogen (secondary N) is 1. The Hall–Kier alpha value is -2.39. The number of rotatable bonds is 7. The zero-order valence-corrected chi connectivity index (χ0v) is 16.8. The third-order valence-electron chi connectivity index (χ3n) is 4.58. The molecule has 1 aromatic rings. The smallest absolute Gasteiger partial charge is 0.269 e. The second-order valence-corrected chi connectivity index (χ2v) is 6.94. The fraction of sp³-hybridized carbons (Fsp3) is 0.556. The molecule has 0 spiro atoms. The maximum Gasteiger partial charge on any atom is 0.269 e. The average molecular weight is 415 g/mol. The van der Waals surface area contributed by atoms with Crippen LogP contribution in [0.15, 0.2) is 24.3 Å². The maximum atomic E-state index is 12.2. The monoisotopic (exact) mass is 414 g/mol. The quantitative estimate of drug-likeness (QED) is 0.513. The van der Waals surface area contributed by atoms with Crippen molar-refractivity contribution in [2.24, 2.45) is 11.7 Å². The molecule has 3 N–H and O–H groups in total. The van der Waals surface area contributed by atoms with E-state index in [0.717, 1.165) is 0 Å². The molecular weight excluding hydrogens is 388 g/mol. The van der Waals surface area contributed by atoms with Crippen LogP contribution in [0.25, 0.3) is 0 Å². The fourth-order valence-corrected chi connectivity index (χ4v) is 2.76. The Balaban J connectivity index is 0.00000392. The molecule has 1 atom stereocenters. The van der Waals surface area contributed by atoms with Crippen LogP contribution < -0.4 is 15.8 Å². The van der Waals surface area contributed by atoms with Gasteiger partial charge in [-0.2, -0.15) is 0 Å². The number of amides is 2. The number of carbonyl (C=O) groups is 2. The lowest BCUT2D eigenvalue weighted by Gasteiger charge is -2.32. The number of nitrogens with zero attached hydrogens (tertiary/aromatic N) is 2. The number of nitro benzene ring substituents is 1. The minimum Gasteiger partial charge on any atom is -0.490 e. The van der Waals surface area contributed by atoms with E-state index in [0.29, 0.717) is 31.7 Å². The molecule has 0 unspecified atom stereocenters. The van der Waals surface area contributed by atoms with Crippen LogP contribution in [0, 0.1) is 16.0 Å². The van der Waals surface area contributed by atoms with E-state index in [4.69, 9.17) is 10.5 Å². The highest BCUT2D eigenvalue weighted by Gasteiger charge is 2.25. The zero-order chi connectivity index (χ0) is 20.0. The first kappa shape index (κ1) is 23.6. The summed E-state index contributed by atoms with van der Waals surface area (Å²) in [5, 5.41) is 13.2. The van der Waals surface area contributed by atoms with E-state index in [1.165, 1.54) is 12.1 Å². The lowest BCUT2D eigenvalue weighted by molar-refractivity contribution is -0.384. The summed E-state index contributed by atoms with van der Waals surface area (Å²) in [6.07, 6.45) is 1.25. The Morgan fingerprint density at radius 2 is 1.86 bits per heavy atom. The van der Waals surface area contributed by atoms with Crippen LogP contribution in [0.1, 0.15) is 26.7 Å². The summed E-state index contributed by atoms with van der Waals surface area (Å²) >= 11 is 0. The number of hydrogen-bond acceptors (Lipinski definition) is 6. The molecule has 0 bridgehead atoms. The molecule has 1 aliphatic rings. The number of likely N-dealkylation sites (tertiary alicyclic amines) is 1. The Bertz CT molecular complexity index is 675. The molecule has 0 saturated carbocycles. The van der Waals surface area contributed by atoms with Crippen LogP contribution in [-0.2, 0) is 9.59 Å². The first-order valence-corrected chi connectivity index (χ1v) is 9.00. The van der Waals surface area contributed by atoms with Gasteiger partial charge in [0.05, 0.1) is 17.5 Å². The second kappa shape index (κ2) is 10.8. The first-order chi connectivity index (χ1) is 12.8. The number of hydrogen-bond donors (Lipinski definition) is 2. The van der Waals surface area contributed by atoms with Crippen LogP contribution in [0.3, 0.4) is 0 Å². The van der Waals surface area contributed by atoms with Crippen molar-refractivity contribution < 1.29 is 19.2 Å². The first-order valence-electron chi connectivity index (χ1n) is 9.00. The standard InChI is InChI=1S/C18H26N4O5.ClH/c1-12(2)17(19)18(24)20-11-16(23)21-9-7-15(8-10-21)27-14-5-3-13(4-6-14)22(25)26;/h3-6,12,15,17H,7-11,19H2,1-2H3,(H,20,24);1H/t17-;/m0./s1. The van der Waals surface area contributed by atoms with E-state index in [-0.39, 0.29) is 48.5 Å². The molecule has 1 aromatic carbocycles. The number of nitro groups is 1. The van der Waals surface area contributed by atoms with Crippen molar-refractivity contribution in [2.45, 2.75) is 38.8 Å². The molecule has 2 amide bonds. The predicted octanol–water partition coefficient (Wildman–Crippen LogP) is 1.49. The maximum absolute atomic E-state index is 12.2. The van der Waals surface area contributed by atoms with Gasteiger partial charge in [0.2, 0.25) is 11.8 Å². The molecule has 1 heterocycles. The van der Waals surface area contributed by atoms with Gasteiger partial charge in [0, 0.05) is 38.1 Å². The molecule has 156 valence electrons. The minimum atomic E-state index is -0.626. The van der Waals surface area contributed by atoms with Crippen molar-refractivity contribution >= 4 is 29.9 Å². The lowest BCUT2D eigenvalue weighted by Crippen LogP contribution is -2.49. The molecule has 1 saturated heterocycles. The molecule has 0 aliphatic carbocycles. The number of halogens is 1. The Morgan fingerprint density at radius 3 is 2.36 bits per heavy atom. The summed E-state index contributed by atoms with van der Waals surface area (Å²) in [5.74, 6) is 0.107. The van der Waals surface area contributed by atoms with E-state index in [1.54, 1.807) is 17.0 Å². The van der Waals surface area contributed by atoms with E-state index < -0.39 is 11.0 Å². The van der Waals surface area contributed by atoms with Crippen LogP contribution in [-0.4, -0.2) is 53.4 Å². The molecule has 0 aromatic heterocycles. The van der Waals surface area contributed by atoms with E-state index >= 15 is 0 Å². The highest BCUT2D eigenvalue weighted by Crippen LogP contribution is 2.22. The molecule has 1 fully saturated rings. The van der Waals surface area contributed by atoms with Crippen molar-refractivity contribution in [1.82, 2.24) is 10.2 Å².